The van der Waals surface area contributed by atoms with Crippen molar-refractivity contribution in [1.82, 2.24) is 20.1 Å². The van der Waals surface area contributed by atoms with E-state index in [1.54, 1.807) is 0 Å². The number of amides is 1. The standard InChI is InChI=1S/C22H21N5OS/c1-13-16(14-6-7-15-12-27(2)26-19(15)10-14)4-3-5-17(13)24-21(28)22-25-18-8-9-23-11-20(18)29-22/h3-7,10,12,23H,8-9,11H2,1-2H3,(H,24,28). The first-order valence-electron chi connectivity index (χ1n) is 9.62. The maximum atomic E-state index is 12.8. The van der Waals surface area contributed by atoms with Gasteiger partial charge in [0, 0.05) is 48.7 Å². The number of aryl methyl sites for hydroxylation is 1. The van der Waals surface area contributed by atoms with Crippen LogP contribution in [0.4, 0.5) is 5.69 Å². The molecule has 0 unspecified atom stereocenters. The molecule has 146 valence electrons. The number of aromatic nitrogens is 3. The summed E-state index contributed by atoms with van der Waals surface area (Å²) in [5.74, 6) is -0.148. The van der Waals surface area contributed by atoms with Gasteiger partial charge in [0.2, 0.25) is 0 Å². The summed E-state index contributed by atoms with van der Waals surface area (Å²) in [5, 5.41) is 12.5. The highest BCUT2D eigenvalue weighted by molar-refractivity contribution is 7.13. The molecule has 1 aliphatic heterocycles. The Morgan fingerprint density at radius 2 is 2.17 bits per heavy atom. The van der Waals surface area contributed by atoms with Crippen LogP contribution in [0.3, 0.4) is 0 Å². The third-order valence-electron chi connectivity index (χ3n) is 5.31. The molecular formula is C22H21N5OS. The number of hydrogen-bond acceptors (Lipinski definition) is 5. The van der Waals surface area contributed by atoms with Crippen LogP contribution in [0.25, 0.3) is 22.0 Å². The van der Waals surface area contributed by atoms with Crippen LogP contribution in [-0.4, -0.2) is 27.2 Å². The average Bonchev–Trinajstić information content (AvgIpc) is 3.31. The van der Waals surface area contributed by atoms with E-state index in [1.807, 2.05) is 37.0 Å². The van der Waals surface area contributed by atoms with Gasteiger partial charge in [0.1, 0.15) is 0 Å². The highest BCUT2D eigenvalue weighted by Crippen LogP contribution is 2.31. The van der Waals surface area contributed by atoms with Gasteiger partial charge < -0.3 is 10.6 Å². The Morgan fingerprint density at radius 3 is 3.03 bits per heavy atom. The molecule has 6 nitrogen and oxygen atoms in total. The lowest BCUT2D eigenvalue weighted by atomic mass is 9.98. The normalized spacial score (nSPS) is 13.4. The monoisotopic (exact) mass is 403 g/mol. The lowest BCUT2D eigenvalue weighted by Crippen LogP contribution is -2.22. The molecule has 0 bridgehead atoms. The van der Waals surface area contributed by atoms with Crippen molar-refractivity contribution in [2.45, 2.75) is 19.9 Å². The molecule has 0 saturated heterocycles. The van der Waals surface area contributed by atoms with Gasteiger partial charge >= 0.3 is 0 Å². The number of rotatable bonds is 3. The molecule has 0 spiro atoms. The van der Waals surface area contributed by atoms with E-state index in [4.69, 9.17) is 0 Å². The largest absolute Gasteiger partial charge is 0.320 e. The molecule has 2 aromatic heterocycles. The van der Waals surface area contributed by atoms with Crippen molar-refractivity contribution >= 4 is 33.8 Å². The molecule has 29 heavy (non-hydrogen) atoms. The zero-order valence-electron chi connectivity index (χ0n) is 16.3. The summed E-state index contributed by atoms with van der Waals surface area (Å²) in [6, 6.07) is 12.2. The van der Waals surface area contributed by atoms with Gasteiger partial charge in [-0.1, -0.05) is 24.3 Å². The Labute approximate surface area is 172 Å². The minimum absolute atomic E-state index is 0.148. The molecule has 0 fully saturated rings. The van der Waals surface area contributed by atoms with Crippen LogP contribution in [0.5, 0.6) is 0 Å². The van der Waals surface area contributed by atoms with Crippen LogP contribution < -0.4 is 10.6 Å². The first-order valence-corrected chi connectivity index (χ1v) is 10.4. The highest BCUT2D eigenvalue weighted by Gasteiger charge is 2.20. The summed E-state index contributed by atoms with van der Waals surface area (Å²) in [6.07, 6.45) is 2.88. The van der Waals surface area contributed by atoms with Crippen LogP contribution in [0.1, 0.15) is 25.9 Å². The van der Waals surface area contributed by atoms with E-state index in [9.17, 15) is 4.79 Å². The van der Waals surface area contributed by atoms with Crippen molar-refractivity contribution in [3.8, 4) is 11.1 Å². The molecule has 2 aromatic carbocycles. The van der Waals surface area contributed by atoms with Gasteiger partial charge in [-0.15, -0.1) is 11.3 Å². The predicted molar refractivity (Wildman–Crippen MR) is 116 cm³/mol. The van der Waals surface area contributed by atoms with Gasteiger partial charge in [-0.25, -0.2) is 4.98 Å². The fraction of sp³-hybridized carbons (Fsp3) is 0.227. The number of carbonyl (C=O) groups excluding carboxylic acids is 1. The zero-order valence-corrected chi connectivity index (χ0v) is 17.1. The Balaban J connectivity index is 1.45. The van der Waals surface area contributed by atoms with Gasteiger partial charge in [-0.3, -0.25) is 9.48 Å². The number of anilines is 1. The lowest BCUT2D eigenvalue weighted by Gasteiger charge is -2.12. The topological polar surface area (TPSA) is 71.8 Å². The van der Waals surface area contributed by atoms with Gasteiger partial charge in [0.15, 0.2) is 5.01 Å². The molecule has 1 aliphatic rings. The lowest BCUT2D eigenvalue weighted by molar-refractivity contribution is 0.102. The summed E-state index contributed by atoms with van der Waals surface area (Å²) >= 11 is 1.48. The fourth-order valence-corrected chi connectivity index (χ4v) is 4.76. The Kier molecular flexibility index (Phi) is 4.41. The van der Waals surface area contributed by atoms with Crippen LogP contribution in [0.15, 0.2) is 42.6 Å². The van der Waals surface area contributed by atoms with E-state index in [2.05, 4.69) is 45.0 Å². The third kappa shape index (κ3) is 3.32. The minimum Gasteiger partial charge on any atom is -0.320 e. The Morgan fingerprint density at radius 1 is 1.28 bits per heavy atom. The maximum Gasteiger partial charge on any atom is 0.284 e. The van der Waals surface area contributed by atoms with Crippen LogP contribution >= 0.6 is 11.3 Å². The molecule has 2 N–H and O–H groups in total. The summed E-state index contributed by atoms with van der Waals surface area (Å²) < 4.78 is 1.82. The smallest absolute Gasteiger partial charge is 0.284 e. The average molecular weight is 404 g/mol. The summed E-state index contributed by atoms with van der Waals surface area (Å²) in [5.41, 5.74) is 6.01. The van der Waals surface area contributed by atoms with E-state index in [-0.39, 0.29) is 5.91 Å². The van der Waals surface area contributed by atoms with Crippen molar-refractivity contribution in [2.75, 3.05) is 11.9 Å². The summed E-state index contributed by atoms with van der Waals surface area (Å²) in [6.45, 7) is 3.74. The van der Waals surface area contributed by atoms with Gasteiger partial charge in [-0.2, -0.15) is 5.10 Å². The SMILES string of the molecule is Cc1c(NC(=O)c2nc3c(s2)CNCC3)cccc1-c1ccc2cn(C)nc2c1. The second kappa shape index (κ2) is 7.09. The molecule has 0 radical (unpaired) electrons. The van der Waals surface area contributed by atoms with Crippen LogP contribution in [0, 0.1) is 6.92 Å². The number of carbonyl (C=O) groups is 1. The molecule has 4 aromatic rings. The molecule has 5 rings (SSSR count). The summed E-state index contributed by atoms with van der Waals surface area (Å²) in [4.78, 5) is 18.5. The first kappa shape index (κ1) is 18.0. The van der Waals surface area contributed by atoms with E-state index in [0.717, 1.165) is 63.4 Å². The maximum absolute atomic E-state index is 12.8. The summed E-state index contributed by atoms with van der Waals surface area (Å²) in [7, 11) is 1.92. The second-order valence-corrected chi connectivity index (χ2v) is 8.41. The van der Waals surface area contributed by atoms with E-state index in [1.165, 1.54) is 11.3 Å². The molecular weight excluding hydrogens is 382 g/mol. The molecule has 0 saturated carbocycles. The van der Waals surface area contributed by atoms with E-state index in [0.29, 0.717) is 5.01 Å². The highest BCUT2D eigenvalue weighted by atomic mass is 32.1. The molecule has 1 amide bonds. The quantitative estimate of drug-likeness (QED) is 0.544. The van der Waals surface area contributed by atoms with Gasteiger partial charge in [0.05, 0.1) is 11.2 Å². The van der Waals surface area contributed by atoms with Crippen molar-refractivity contribution in [1.29, 1.82) is 0 Å². The Bertz CT molecular complexity index is 1220. The predicted octanol–water partition coefficient (Wildman–Crippen LogP) is 3.90. The number of fused-ring (bicyclic) bond motifs is 2. The van der Waals surface area contributed by atoms with Crippen molar-refractivity contribution in [2.24, 2.45) is 7.05 Å². The number of benzene rings is 2. The fourth-order valence-electron chi connectivity index (χ4n) is 3.79. The van der Waals surface area contributed by atoms with Gasteiger partial charge in [0.25, 0.3) is 5.91 Å². The minimum atomic E-state index is -0.148. The zero-order chi connectivity index (χ0) is 20.0. The van der Waals surface area contributed by atoms with E-state index >= 15 is 0 Å². The number of nitrogens with one attached hydrogen (secondary N) is 2. The Hall–Kier alpha value is -3.03. The van der Waals surface area contributed by atoms with Crippen molar-refractivity contribution < 1.29 is 4.79 Å². The van der Waals surface area contributed by atoms with E-state index < -0.39 is 0 Å². The third-order valence-corrected chi connectivity index (χ3v) is 6.41. The molecule has 0 aliphatic carbocycles. The molecule has 0 atom stereocenters. The molecule has 3 heterocycles. The first-order chi connectivity index (χ1) is 14.1. The number of thiazole rings is 1. The molecule has 7 heteroatoms. The van der Waals surface area contributed by atoms with Crippen LogP contribution in [0.2, 0.25) is 0 Å². The number of nitrogens with zero attached hydrogens (tertiary/aromatic N) is 3. The van der Waals surface area contributed by atoms with Crippen molar-refractivity contribution in [3.05, 3.63) is 63.7 Å². The second-order valence-electron chi connectivity index (χ2n) is 7.32. The number of hydrogen-bond donors (Lipinski definition) is 2. The van der Waals surface area contributed by atoms with Crippen LogP contribution in [-0.2, 0) is 20.0 Å². The van der Waals surface area contributed by atoms with Gasteiger partial charge in [-0.05, 0) is 35.7 Å². The van der Waals surface area contributed by atoms with Crippen molar-refractivity contribution in [3.63, 3.8) is 0 Å².